The predicted molar refractivity (Wildman–Crippen MR) is 116 cm³/mol. The fourth-order valence-electron chi connectivity index (χ4n) is 2.92. The zero-order valence-electron chi connectivity index (χ0n) is 15.8. The fraction of sp³-hybridized carbons (Fsp3) is 0.130. The van der Waals surface area contributed by atoms with Crippen LogP contribution in [-0.2, 0) is 0 Å². The van der Waals surface area contributed by atoms with Crippen LogP contribution in [-0.4, -0.2) is 17.7 Å². The summed E-state index contributed by atoms with van der Waals surface area (Å²) in [6.07, 6.45) is 0.584. The number of benzene rings is 3. The molecule has 3 aromatic rings. The van der Waals surface area contributed by atoms with Gasteiger partial charge in [-0.15, -0.1) is 0 Å². The highest BCUT2D eigenvalue weighted by molar-refractivity contribution is 6.06. The molecule has 1 atom stereocenters. The Labute approximate surface area is 165 Å². The number of amides is 1. The molecule has 3 aromatic carbocycles. The molecule has 0 heterocycles. The summed E-state index contributed by atoms with van der Waals surface area (Å²) in [6, 6.07) is 24.3. The van der Waals surface area contributed by atoms with E-state index in [0.717, 1.165) is 11.3 Å². The van der Waals surface area contributed by atoms with Crippen LogP contribution in [0, 0.1) is 5.41 Å². The molecule has 0 aliphatic heterocycles. The van der Waals surface area contributed by atoms with Crippen LogP contribution < -0.4 is 16.4 Å². The number of hydrogen-bond donors (Lipinski definition) is 4. The number of rotatable bonds is 7. The second-order valence-corrected chi connectivity index (χ2v) is 6.71. The highest BCUT2D eigenvalue weighted by Crippen LogP contribution is 2.18. The smallest absolute Gasteiger partial charge is 0.255 e. The summed E-state index contributed by atoms with van der Waals surface area (Å²) in [6.45, 7) is 2.05. The quantitative estimate of drug-likeness (QED) is 0.355. The van der Waals surface area contributed by atoms with Gasteiger partial charge in [0.25, 0.3) is 5.91 Å². The first-order valence-corrected chi connectivity index (χ1v) is 9.18. The number of anilines is 3. The Kier molecular flexibility index (Phi) is 6.07. The van der Waals surface area contributed by atoms with Gasteiger partial charge in [0.15, 0.2) is 0 Å². The number of carbonyl (C=O) groups excluding carboxylic acids is 1. The molecular weight excluding hydrogens is 348 g/mol. The maximum Gasteiger partial charge on any atom is 0.255 e. The molecule has 0 spiro atoms. The van der Waals surface area contributed by atoms with Gasteiger partial charge in [0.1, 0.15) is 0 Å². The van der Waals surface area contributed by atoms with Gasteiger partial charge < -0.3 is 21.8 Å². The van der Waals surface area contributed by atoms with Crippen molar-refractivity contribution in [1.29, 1.82) is 5.41 Å². The molecule has 0 radical (unpaired) electrons. The molecule has 5 heteroatoms. The number of nitrogen functional groups attached to an aromatic ring is 1. The molecule has 1 amide bonds. The Balaban J connectivity index is 1.59. The summed E-state index contributed by atoms with van der Waals surface area (Å²) in [5.74, 6) is -0.227. The second-order valence-electron chi connectivity index (χ2n) is 6.71. The summed E-state index contributed by atoms with van der Waals surface area (Å²) in [4.78, 5) is 12.4. The highest BCUT2D eigenvalue weighted by atomic mass is 16.1. The van der Waals surface area contributed by atoms with Crippen molar-refractivity contribution in [2.24, 2.45) is 0 Å². The summed E-state index contributed by atoms with van der Waals surface area (Å²) < 4.78 is 0. The molecule has 5 N–H and O–H groups in total. The Morgan fingerprint density at radius 3 is 2.21 bits per heavy atom. The molecule has 0 saturated heterocycles. The van der Waals surface area contributed by atoms with E-state index >= 15 is 0 Å². The van der Waals surface area contributed by atoms with Gasteiger partial charge in [0.05, 0.1) is 11.4 Å². The van der Waals surface area contributed by atoms with E-state index in [1.807, 2.05) is 49.4 Å². The lowest BCUT2D eigenvalue weighted by molar-refractivity contribution is 0.102. The van der Waals surface area contributed by atoms with Crippen molar-refractivity contribution in [2.75, 3.05) is 16.4 Å². The third-order valence-corrected chi connectivity index (χ3v) is 4.40. The SMILES string of the molecule is C[C@H](CC(=N)c1ccc(C(=O)Nc2ccccc2N)cc1)Nc1ccccc1. The van der Waals surface area contributed by atoms with E-state index in [9.17, 15) is 4.79 Å². The Hall–Kier alpha value is -3.60. The van der Waals surface area contributed by atoms with Crippen LogP contribution in [0.3, 0.4) is 0 Å². The van der Waals surface area contributed by atoms with Crippen molar-refractivity contribution < 1.29 is 4.79 Å². The summed E-state index contributed by atoms with van der Waals surface area (Å²) in [5.41, 5.74) is 9.86. The average Bonchev–Trinajstić information content (AvgIpc) is 2.70. The first-order valence-electron chi connectivity index (χ1n) is 9.18. The number of carbonyl (C=O) groups is 1. The van der Waals surface area contributed by atoms with Gasteiger partial charge in [-0.25, -0.2) is 0 Å². The standard InChI is InChI=1S/C23H24N4O/c1-16(26-19-7-3-2-4-8-19)15-21(25)17-11-13-18(14-12-17)23(28)27-22-10-6-5-9-20(22)24/h2-14,16,25-26H,15,24H2,1H3,(H,27,28)/t16-/m1/s1. The van der Waals surface area contributed by atoms with Gasteiger partial charge in [-0.2, -0.15) is 0 Å². The van der Waals surface area contributed by atoms with Crippen LogP contribution in [0.5, 0.6) is 0 Å². The van der Waals surface area contributed by atoms with E-state index in [0.29, 0.717) is 29.1 Å². The molecule has 142 valence electrons. The molecule has 0 saturated carbocycles. The first kappa shape index (κ1) is 19.2. The number of nitrogens with two attached hydrogens (primary N) is 1. The molecule has 0 fully saturated rings. The lowest BCUT2D eigenvalue weighted by atomic mass is 10.0. The van der Waals surface area contributed by atoms with Crippen molar-refractivity contribution in [3.63, 3.8) is 0 Å². The minimum absolute atomic E-state index is 0.124. The van der Waals surface area contributed by atoms with Crippen LogP contribution in [0.1, 0.15) is 29.3 Å². The molecule has 5 nitrogen and oxygen atoms in total. The van der Waals surface area contributed by atoms with E-state index < -0.39 is 0 Å². The largest absolute Gasteiger partial charge is 0.397 e. The van der Waals surface area contributed by atoms with Crippen LogP contribution in [0.25, 0.3) is 0 Å². The first-order chi connectivity index (χ1) is 13.5. The molecular formula is C23H24N4O. The molecule has 28 heavy (non-hydrogen) atoms. The molecule has 3 rings (SSSR count). The Bertz CT molecular complexity index is 952. The van der Waals surface area contributed by atoms with E-state index in [1.54, 1.807) is 36.4 Å². The van der Waals surface area contributed by atoms with Crippen molar-refractivity contribution in [3.05, 3.63) is 90.0 Å². The minimum atomic E-state index is -0.227. The van der Waals surface area contributed by atoms with Gasteiger partial charge in [0.2, 0.25) is 0 Å². The van der Waals surface area contributed by atoms with E-state index in [2.05, 4.69) is 10.6 Å². The Morgan fingerprint density at radius 1 is 0.929 bits per heavy atom. The fourth-order valence-corrected chi connectivity index (χ4v) is 2.92. The molecule has 0 aromatic heterocycles. The maximum absolute atomic E-state index is 12.4. The topological polar surface area (TPSA) is 91.0 Å². The van der Waals surface area contributed by atoms with Crippen molar-refractivity contribution in [3.8, 4) is 0 Å². The zero-order chi connectivity index (χ0) is 19.9. The number of hydrogen-bond acceptors (Lipinski definition) is 4. The molecule has 0 aliphatic carbocycles. The van der Waals surface area contributed by atoms with E-state index in [-0.39, 0.29) is 11.9 Å². The summed E-state index contributed by atoms with van der Waals surface area (Å²) in [7, 11) is 0. The normalized spacial score (nSPS) is 11.5. The average molecular weight is 372 g/mol. The van der Waals surface area contributed by atoms with Crippen LogP contribution in [0.15, 0.2) is 78.9 Å². The third kappa shape index (κ3) is 4.98. The lowest BCUT2D eigenvalue weighted by Gasteiger charge is -2.16. The number of nitrogens with one attached hydrogen (secondary N) is 3. The summed E-state index contributed by atoms with van der Waals surface area (Å²) in [5, 5.41) is 14.5. The number of para-hydroxylation sites is 3. The van der Waals surface area contributed by atoms with Crippen molar-refractivity contribution in [1.82, 2.24) is 0 Å². The van der Waals surface area contributed by atoms with Gasteiger partial charge in [0, 0.05) is 29.4 Å². The predicted octanol–water partition coefficient (Wildman–Crippen LogP) is 4.78. The van der Waals surface area contributed by atoms with Gasteiger partial charge in [-0.1, -0.05) is 42.5 Å². The molecule has 0 unspecified atom stereocenters. The van der Waals surface area contributed by atoms with Crippen molar-refractivity contribution >= 4 is 28.7 Å². The monoisotopic (exact) mass is 372 g/mol. The third-order valence-electron chi connectivity index (χ3n) is 4.40. The maximum atomic E-state index is 12.4. The Morgan fingerprint density at radius 2 is 1.54 bits per heavy atom. The van der Waals surface area contributed by atoms with Crippen LogP contribution in [0.2, 0.25) is 0 Å². The van der Waals surface area contributed by atoms with Crippen LogP contribution in [0.4, 0.5) is 17.1 Å². The minimum Gasteiger partial charge on any atom is -0.397 e. The highest BCUT2D eigenvalue weighted by Gasteiger charge is 2.11. The second kappa shape index (κ2) is 8.86. The zero-order valence-corrected chi connectivity index (χ0v) is 15.8. The van der Waals surface area contributed by atoms with Crippen molar-refractivity contribution in [2.45, 2.75) is 19.4 Å². The van der Waals surface area contributed by atoms with E-state index in [1.165, 1.54) is 0 Å². The van der Waals surface area contributed by atoms with Gasteiger partial charge in [-0.3, -0.25) is 4.79 Å². The van der Waals surface area contributed by atoms with E-state index in [4.69, 9.17) is 11.1 Å². The van der Waals surface area contributed by atoms with Gasteiger partial charge in [-0.05, 0) is 48.9 Å². The van der Waals surface area contributed by atoms with Crippen LogP contribution >= 0.6 is 0 Å². The molecule has 0 bridgehead atoms. The lowest BCUT2D eigenvalue weighted by Crippen LogP contribution is -2.20. The van der Waals surface area contributed by atoms with Gasteiger partial charge >= 0.3 is 0 Å². The molecule has 0 aliphatic rings. The summed E-state index contributed by atoms with van der Waals surface area (Å²) >= 11 is 0.